The third kappa shape index (κ3) is 2.68. The highest BCUT2D eigenvalue weighted by atomic mass is 35.5. The molecule has 1 aromatic carbocycles. The molecule has 0 saturated carbocycles. The number of rotatable bonds is 4. The molecule has 0 bridgehead atoms. The van der Waals surface area contributed by atoms with Gasteiger partial charge in [-0.1, -0.05) is 31.0 Å². The van der Waals surface area contributed by atoms with Crippen LogP contribution in [0.3, 0.4) is 0 Å². The van der Waals surface area contributed by atoms with Gasteiger partial charge in [0.05, 0.1) is 6.04 Å². The average molecular weight is 271 g/mol. The molecule has 0 aromatic heterocycles. The molecule has 2 N–H and O–H groups in total. The molecule has 2 rings (SSSR count). The van der Waals surface area contributed by atoms with E-state index in [1.54, 1.807) is 12.1 Å². The first-order chi connectivity index (χ1) is 8.67. The lowest BCUT2D eigenvalue weighted by molar-refractivity contribution is 0.236. The van der Waals surface area contributed by atoms with Crippen molar-refractivity contribution in [3.05, 3.63) is 34.6 Å². The SMILES string of the molecule is CCC1CCN(C(CN)c2c(F)cccc2Cl)C1. The summed E-state index contributed by atoms with van der Waals surface area (Å²) in [5.41, 5.74) is 6.40. The van der Waals surface area contributed by atoms with Gasteiger partial charge in [-0.2, -0.15) is 0 Å². The van der Waals surface area contributed by atoms with Gasteiger partial charge in [0.2, 0.25) is 0 Å². The van der Waals surface area contributed by atoms with E-state index in [0.717, 1.165) is 13.1 Å². The van der Waals surface area contributed by atoms with Gasteiger partial charge < -0.3 is 5.73 Å². The predicted octanol–water partition coefficient (Wildman–Crippen LogP) is 3.21. The Kier molecular flexibility index (Phi) is 4.60. The molecule has 0 radical (unpaired) electrons. The van der Waals surface area contributed by atoms with Gasteiger partial charge >= 0.3 is 0 Å². The van der Waals surface area contributed by atoms with Crippen LogP contribution in [0.5, 0.6) is 0 Å². The number of likely N-dealkylation sites (tertiary alicyclic amines) is 1. The Labute approximate surface area is 113 Å². The van der Waals surface area contributed by atoms with E-state index in [1.807, 2.05) is 0 Å². The van der Waals surface area contributed by atoms with Gasteiger partial charge in [-0.15, -0.1) is 0 Å². The lowest BCUT2D eigenvalue weighted by atomic mass is 10.0. The van der Waals surface area contributed by atoms with Crippen LogP contribution >= 0.6 is 11.6 Å². The second kappa shape index (κ2) is 6.00. The summed E-state index contributed by atoms with van der Waals surface area (Å²) in [6.45, 7) is 4.56. The zero-order valence-corrected chi connectivity index (χ0v) is 11.5. The molecule has 1 aliphatic heterocycles. The van der Waals surface area contributed by atoms with Crippen LogP contribution in [0, 0.1) is 11.7 Å². The number of hydrogen-bond donors (Lipinski definition) is 1. The van der Waals surface area contributed by atoms with Crippen LogP contribution in [0.15, 0.2) is 18.2 Å². The summed E-state index contributed by atoms with van der Waals surface area (Å²) >= 11 is 6.13. The first-order valence-corrected chi connectivity index (χ1v) is 6.93. The van der Waals surface area contributed by atoms with E-state index in [9.17, 15) is 4.39 Å². The quantitative estimate of drug-likeness (QED) is 0.910. The Morgan fingerprint density at radius 1 is 1.56 bits per heavy atom. The summed E-state index contributed by atoms with van der Waals surface area (Å²) < 4.78 is 14.0. The maximum absolute atomic E-state index is 14.0. The third-order valence-electron chi connectivity index (χ3n) is 3.89. The van der Waals surface area contributed by atoms with Crippen molar-refractivity contribution in [1.82, 2.24) is 4.90 Å². The van der Waals surface area contributed by atoms with E-state index < -0.39 is 0 Å². The average Bonchev–Trinajstić information content (AvgIpc) is 2.82. The predicted molar refractivity (Wildman–Crippen MR) is 73.2 cm³/mol. The maximum atomic E-state index is 14.0. The summed E-state index contributed by atoms with van der Waals surface area (Å²) in [4.78, 5) is 2.26. The largest absolute Gasteiger partial charge is 0.329 e. The first kappa shape index (κ1) is 13.8. The molecule has 1 aliphatic rings. The highest BCUT2D eigenvalue weighted by Gasteiger charge is 2.30. The highest BCUT2D eigenvalue weighted by molar-refractivity contribution is 6.31. The monoisotopic (exact) mass is 270 g/mol. The lowest BCUT2D eigenvalue weighted by Gasteiger charge is -2.28. The van der Waals surface area contributed by atoms with Crippen LogP contribution in [-0.2, 0) is 0 Å². The molecule has 2 unspecified atom stereocenters. The first-order valence-electron chi connectivity index (χ1n) is 6.55. The Morgan fingerprint density at radius 3 is 2.89 bits per heavy atom. The molecular formula is C14H20ClFN2. The summed E-state index contributed by atoms with van der Waals surface area (Å²) in [5, 5.41) is 0.477. The third-order valence-corrected chi connectivity index (χ3v) is 4.22. The lowest BCUT2D eigenvalue weighted by Crippen LogP contribution is -2.33. The Balaban J connectivity index is 2.23. The molecule has 4 heteroatoms. The van der Waals surface area contributed by atoms with E-state index in [-0.39, 0.29) is 11.9 Å². The second-order valence-corrected chi connectivity index (χ2v) is 5.35. The minimum Gasteiger partial charge on any atom is -0.329 e. The Morgan fingerprint density at radius 2 is 2.33 bits per heavy atom. The molecule has 0 aliphatic carbocycles. The Hall–Kier alpha value is -0.640. The zero-order valence-electron chi connectivity index (χ0n) is 10.7. The fourth-order valence-corrected chi connectivity index (χ4v) is 3.05. The highest BCUT2D eigenvalue weighted by Crippen LogP contribution is 2.33. The van der Waals surface area contributed by atoms with Gasteiger partial charge in [-0.25, -0.2) is 4.39 Å². The molecule has 18 heavy (non-hydrogen) atoms. The molecule has 1 fully saturated rings. The molecular weight excluding hydrogens is 251 g/mol. The topological polar surface area (TPSA) is 29.3 Å². The van der Waals surface area contributed by atoms with Crippen molar-refractivity contribution >= 4 is 11.6 Å². The van der Waals surface area contributed by atoms with Crippen LogP contribution in [0.2, 0.25) is 5.02 Å². The van der Waals surface area contributed by atoms with Crippen molar-refractivity contribution in [2.75, 3.05) is 19.6 Å². The second-order valence-electron chi connectivity index (χ2n) is 4.94. The number of benzene rings is 1. The van der Waals surface area contributed by atoms with Crippen molar-refractivity contribution in [1.29, 1.82) is 0 Å². The van der Waals surface area contributed by atoms with Gasteiger partial charge in [0.25, 0.3) is 0 Å². The van der Waals surface area contributed by atoms with Gasteiger partial charge in [0.1, 0.15) is 5.82 Å². The zero-order chi connectivity index (χ0) is 13.1. The van der Waals surface area contributed by atoms with E-state index in [4.69, 9.17) is 17.3 Å². The van der Waals surface area contributed by atoms with E-state index >= 15 is 0 Å². The Bertz CT molecular complexity index is 391. The van der Waals surface area contributed by atoms with E-state index in [2.05, 4.69) is 11.8 Å². The van der Waals surface area contributed by atoms with Crippen molar-refractivity contribution in [2.45, 2.75) is 25.8 Å². The van der Waals surface area contributed by atoms with E-state index in [1.165, 1.54) is 18.9 Å². The minimum atomic E-state index is -0.252. The molecule has 2 nitrogen and oxygen atoms in total. The van der Waals surface area contributed by atoms with Gasteiger partial charge in [-0.05, 0) is 31.0 Å². The molecule has 2 atom stereocenters. The maximum Gasteiger partial charge on any atom is 0.129 e. The van der Waals surface area contributed by atoms with Gasteiger partial charge in [0.15, 0.2) is 0 Å². The van der Waals surface area contributed by atoms with E-state index in [0.29, 0.717) is 23.0 Å². The van der Waals surface area contributed by atoms with Crippen LogP contribution in [0.1, 0.15) is 31.4 Å². The van der Waals surface area contributed by atoms with Crippen molar-refractivity contribution in [2.24, 2.45) is 11.7 Å². The standard InChI is InChI=1S/C14H20ClFN2/c1-2-10-6-7-18(9-10)13(8-17)14-11(15)4-3-5-12(14)16/h3-5,10,13H,2,6-9,17H2,1H3. The fourth-order valence-electron chi connectivity index (χ4n) is 2.76. The number of nitrogens with zero attached hydrogens (tertiary/aromatic N) is 1. The molecule has 1 heterocycles. The minimum absolute atomic E-state index is 0.102. The van der Waals surface area contributed by atoms with Crippen molar-refractivity contribution < 1.29 is 4.39 Å². The molecule has 0 spiro atoms. The van der Waals surface area contributed by atoms with Crippen molar-refractivity contribution in [3.8, 4) is 0 Å². The summed E-state index contributed by atoms with van der Waals surface area (Å²) in [6, 6.07) is 4.72. The van der Waals surface area contributed by atoms with Gasteiger partial charge in [-0.3, -0.25) is 4.90 Å². The van der Waals surface area contributed by atoms with Crippen molar-refractivity contribution in [3.63, 3.8) is 0 Å². The fraction of sp³-hybridized carbons (Fsp3) is 0.571. The smallest absolute Gasteiger partial charge is 0.129 e. The molecule has 0 amide bonds. The molecule has 1 aromatic rings. The van der Waals surface area contributed by atoms with Crippen LogP contribution in [0.4, 0.5) is 4.39 Å². The number of nitrogens with two attached hydrogens (primary N) is 1. The van der Waals surface area contributed by atoms with Crippen LogP contribution in [0.25, 0.3) is 0 Å². The molecule has 1 saturated heterocycles. The summed E-state index contributed by atoms with van der Waals surface area (Å²) in [6.07, 6.45) is 2.33. The van der Waals surface area contributed by atoms with Crippen LogP contribution < -0.4 is 5.73 Å². The normalized spacial score (nSPS) is 22.3. The van der Waals surface area contributed by atoms with Crippen LogP contribution in [-0.4, -0.2) is 24.5 Å². The number of hydrogen-bond acceptors (Lipinski definition) is 2. The molecule has 100 valence electrons. The number of halogens is 2. The summed E-state index contributed by atoms with van der Waals surface area (Å²) in [5.74, 6) is 0.447. The summed E-state index contributed by atoms with van der Waals surface area (Å²) in [7, 11) is 0. The van der Waals surface area contributed by atoms with Gasteiger partial charge in [0, 0.05) is 23.7 Å².